The van der Waals surface area contributed by atoms with Gasteiger partial charge in [-0.05, 0) is 62.6 Å². The van der Waals surface area contributed by atoms with Crippen LogP contribution in [0, 0.1) is 11.2 Å². The summed E-state index contributed by atoms with van der Waals surface area (Å²) in [6.45, 7) is 8.51. The number of halogens is 2. The summed E-state index contributed by atoms with van der Waals surface area (Å²) in [6, 6.07) is 1.60. The van der Waals surface area contributed by atoms with E-state index in [0.29, 0.717) is 53.7 Å². The number of nitrogens with one attached hydrogen (secondary N) is 1. The second kappa shape index (κ2) is 10.5. The molecule has 4 fully saturated rings. The van der Waals surface area contributed by atoms with Crippen molar-refractivity contribution in [2.24, 2.45) is 0 Å². The van der Waals surface area contributed by atoms with Gasteiger partial charge in [-0.25, -0.2) is 9.37 Å². The Labute approximate surface area is 259 Å². The van der Waals surface area contributed by atoms with Gasteiger partial charge in [-0.1, -0.05) is 23.8 Å². The first-order valence-corrected chi connectivity index (χ1v) is 15.8. The quantitative estimate of drug-likeness (QED) is 0.220. The Bertz CT molecular complexity index is 1720. The number of nitrogens with two attached hydrogens (primary N) is 1. The molecule has 4 aliphatic heterocycles. The van der Waals surface area contributed by atoms with Gasteiger partial charge in [0.25, 0.3) is 0 Å². The summed E-state index contributed by atoms with van der Waals surface area (Å²) in [5, 5.41) is 9.02. The molecule has 12 heteroatoms. The number of rotatable bonds is 6. The first-order valence-electron chi connectivity index (χ1n) is 15.4. The number of hydrogen-bond acceptors (Lipinski definition) is 10. The Balaban J connectivity index is 1.32. The van der Waals surface area contributed by atoms with E-state index >= 15 is 4.39 Å². The average Bonchev–Trinajstić information content (AvgIpc) is 3.76. The predicted molar refractivity (Wildman–Crippen MR) is 167 cm³/mol. The van der Waals surface area contributed by atoms with Crippen molar-refractivity contribution < 1.29 is 18.6 Å². The Morgan fingerprint density at radius 3 is 2.91 bits per heavy atom. The minimum atomic E-state index is -0.646. The van der Waals surface area contributed by atoms with E-state index in [9.17, 15) is 0 Å². The SMILES string of the molecule is C=C1CN2CCC[C@@]2(COc2nc3c4c(nc(-c5c(C=N)c(N)cc(Cl)c5C5CC5)c(F)c4n2)OC[C@@H]2COCCCN32)C1. The van der Waals surface area contributed by atoms with E-state index in [1.807, 2.05) is 0 Å². The lowest BCUT2D eigenvalue weighted by Crippen LogP contribution is -2.43. The Hall–Kier alpha value is -3.54. The summed E-state index contributed by atoms with van der Waals surface area (Å²) in [6.07, 6.45) is 6.73. The smallest absolute Gasteiger partial charge is 0.319 e. The summed E-state index contributed by atoms with van der Waals surface area (Å²) in [5.41, 5.74) is 9.28. The molecule has 1 saturated carbocycles. The molecule has 44 heavy (non-hydrogen) atoms. The zero-order chi connectivity index (χ0) is 30.2. The molecule has 10 nitrogen and oxygen atoms in total. The molecule has 3 saturated heterocycles. The van der Waals surface area contributed by atoms with Gasteiger partial charge in [-0.15, -0.1) is 0 Å². The highest BCUT2D eigenvalue weighted by Gasteiger charge is 2.47. The zero-order valence-corrected chi connectivity index (χ0v) is 25.3. The van der Waals surface area contributed by atoms with Crippen LogP contribution in [0.5, 0.6) is 11.9 Å². The maximum Gasteiger partial charge on any atom is 0.319 e. The van der Waals surface area contributed by atoms with E-state index in [2.05, 4.69) is 16.4 Å². The van der Waals surface area contributed by atoms with Gasteiger partial charge in [0, 0.05) is 47.7 Å². The molecule has 1 aromatic carbocycles. The molecule has 0 spiro atoms. The first-order chi connectivity index (χ1) is 21.4. The summed E-state index contributed by atoms with van der Waals surface area (Å²) in [5.74, 6) is 0.253. The molecule has 1 aliphatic carbocycles. The number of hydrogen-bond donors (Lipinski definition) is 2. The maximum atomic E-state index is 17.1. The second-order valence-electron chi connectivity index (χ2n) is 12.8. The van der Waals surface area contributed by atoms with Gasteiger partial charge in [0.1, 0.15) is 35.6 Å². The van der Waals surface area contributed by atoms with Gasteiger partial charge in [0.15, 0.2) is 5.82 Å². The first kappa shape index (κ1) is 28.0. The summed E-state index contributed by atoms with van der Waals surface area (Å²) < 4.78 is 35.6. The molecule has 230 valence electrons. The molecular formula is C32H35ClFN7O3. The molecule has 2 aromatic heterocycles. The fraction of sp³-hybridized carbons (Fsp3) is 0.500. The predicted octanol–water partition coefficient (Wildman–Crippen LogP) is 5.10. The van der Waals surface area contributed by atoms with Crippen molar-refractivity contribution in [2.75, 3.05) is 56.7 Å². The third kappa shape index (κ3) is 4.42. The zero-order valence-electron chi connectivity index (χ0n) is 24.5. The van der Waals surface area contributed by atoms with E-state index in [0.717, 1.165) is 63.4 Å². The number of nitrogens with zero attached hydrogens (tertiary/aromatic N) is 5. The molecule has 5 aliphatic rings. The van der Waals surface area contributed by atoms with Gasteiger partial charge >= 0.3 is 6.01 Å². The molecule has 6 heterocycles. The largest absolute Gasteiger partial charge is 0.475 e. The number of pyridine rings is 1. The van der Waals surface area contributed by atoms with Gasteiger partial charge in [0.05, 0.1) is 18.2 Å². The summed E-state index contributed by atoms with van der Waals surface area (Å²) in [7, 11) is 0. The Morgan fingerprint density at radius 1 is 1.23 bits per heavy atom. The molecule has 0 amide bonds. The molecule has 2 atom stereocenters. The second-order valence-corrected chi connectivity index (χ2v) is 13.2. The number of anilines is 2. The van der Waals surface area contributed by atoms with Crippen molar-refractivity contribution >= 4 is 40.2 Å². The van der Waals surface area contributed by atoms with Crippen LogP contribution in [0.3, 0.4) is 0 Å². The fourth-order valence-electron chi connectivity index (χ4n) is 7.60. The van der Waals surface area contributed by atoms with Crippen LogP contribution in [0.15, 0.2) is 18.2 Å². The van der Waals surface area contributed by atoms with Gasteiger partial charge in [0.2, 0.25) is 5.88 Å². The van der Waals surface area contributed by atoms with Crippen LogP contribution in [0.25, 0.3) is 22.2 Å². The third-order valence-corrected chi connectivity index (χ3v) is 10.1. The van der Waals surface area contributed by atoms with Crippen molar-refractivity contribution in [3.63, 3.8) is 0 Å². The van der Waals surface area contributed by atoms with Gasteiger partial charge in [-0.2, -0.15) is 9.97 Å². The highest BCUT2D eigenvalue weighted by molar-refractivity contribution is 6.32. The molecule has 3 N–H and O–H groups in total. The molecule has 0 radical (unpaired) electrons. The molecule has 0 bridgehead atoms. The monoisotopic (exact) mass is 619 g/mol. The number of fused-ring (bicyclic) bond motifs is 3. The minimum Gasteiger partial charge on any atom is -0.475 e. The normalized spacial score (nSPS) is 24.9. The van der Waals surface area contributed by atoms with Gasteiger partial charge < -0.3 is 30.3 Å². The summed E-state index contributed by atoms with van der Waals surface area (Å²) >= 11 is 6.72. The van der Waals surface area contributed by atoms with Crippen LogP contribution in [0.1, 0.15) is 55.6 Å². The lowest BCUT2D eigenvalue weighted by Gasteiger charge is -2.31. The number of aromatic nitrogens is 3. The van der Waals surface area contributed by atoms with E-state index in [4.69, 9.17) is 51.9 Å². The standard InChI is InChI=1S/C32H35ClFN7O3/c1-17-11-32(6-2-7-40(32)13-17)16-44-31-38-28-25-29(39-31)41-8-3-9-42-14-19(41)15-43-30(25)37-27(26(28)34)24-20(12-35)22(36)10-21(33)23(24)18-4-5-18/h10,12,18-19,35H,1-9,11,13-16,36H2/t19-,32-/m0/s1. The van der Waals surface area contributed by atoms with E-state index < -0.39 is 5.82 Å². The Kier molecular flexibility index (Phi) is 6.69. The van der Waals surface area contributed by atoms with Gasteiger partial charge in [-0.3, -0.25) is 4.90 Å². The van der Waals surface area contributed by atoms with E-state index in [1.54, 1.807) is 6.07 Å². The number of nitrogen functional groups attached to an aromatic ring is 1. The number of benzene rings is 1. The molecular weight excluding hydrogens is 585 g/mol. The topological polar surface area (TPSA) is 123 Å². The lowest BCUT2D eigenvalue weighted by molar-refractivity contribution is 0.108. The average molecular weight is 620 g/mol. The lowest BCUT2D eigenvalue weighted by atomic mass is 9.93. The fourth-order valence-corrected chi connectivity index (χ4v) is 7.96. The molecule has 8 rings (SSSR count). The maximum absolute atomic E-state index is 17.1. The highest BCUT2D eigenvalue weighted by Crippen LogP contribution is 2.51. The Morgan fingerprint density at radius 2 is 2.09 bits per heavy atom. The van der Waals surface area contributed by atoms with Crippen molar-refractivity contribution in [1.82, 2.24) is 19.9 Å². The summed E-state index contributed by atoms with van der Waals surface area (Å²) in [4.78, 5) is 18.9. The van der Waals surface area contributed by atoms with Crippen molar-refractivity contribution in [3.05, 3.63) is 40.2 Å². The van der Waals surface area contributed by atoms with Crippen molar-refractivity contribution in [1.29, 1.82) is 5.41 Å². The molecule has 3 aromatic rings. The number of ether oxygens (including phenoxy) is 3. The third-order valence-electron chi connectivity index (χ3n) is 9.80. The van der Waals surface area contributed by atoms with Crippen molar-refractivity contribution in [2.45, 2.75) is 56.0 Å². The van der Waals surface area contributed by atoms with Crippen LogP contribution in [0.4, 0.5) is 15.9 Å². The highest BCUT2D eigenvalue weighted by atomic mass is 35.5. The van der Waals surface area contributed by atoms with Crippen molar-refractivity contribution in [3.8, 4) is 23.1 Å². The van der Waals surface area contributed by atoms with Crippen LogP contribution in [-0.4, -0.2) is 83.7 Å². The van der Waals surface area contributed by atoms with Crippen LogP contribution < -0.4 is 20.1 Å². The van der Waals surface area contributed by atoms with Crippen LogP contribution in [-0.2, 0) is 4.74 Å². The van der Waals surface area contributed by atoms with E-state index in [1.165, 1.54) is 5.57 Å². The van der Waals surface area contributed by atoms with Crippen LogP contribution in [0.2, 0.25) is 5.02 Å². The van der Waals surface area contributed by atoms with E-state index in [-0.39, 0.29) is 52.9 Å². The molecule has 0 unspecified atom stereocenters. The van der Waals surface area contributed by atoms with Crippen LogP contribution >= 0.6 is 11.6 Å². The minimum absolute atomic E-state index is 0.0127.